The second-order valence-corrected chi connectivity index (χ2v) is 27.2. The number of fused-ring (bicyclic) bond motifs is 1. The van der Waals surface area contributed by atoms with Gasteiger partial charge in [0.15, 0.2) is 5.82 Å². The van der Waals surface area contributed by atoms with Gasteiger partial charge in [0.25, 0.3) is 0 Å². The molecule has 3 aromatic heterocycles. The molecule has 480 valence electrons. The Kier molecular flexibility index (Phi) is 20.1. The molecule has 4 fully saturated rings. The molecule has 10 rings (SSSR count). The quantitative estimate of drug-likeness (QED) is 0.0314. The smallest absolute Gasteiger partial charge is 0.306 e. The lowest BCUT2D eigenvalue weighted by molar-refractivity contribution is -0.149. The number of carboxylic acids is 1. The summed E-state index contributed by atoms with van der Waals surface area (Å²) in [6.07, 6.45) is 1.41. The van der Waals surface area contributed by atoms with Crippen LogP contribution in [0, 0.1) is 29.9 Å². The number of aryl methyl sites for hydroxylation is 1. The van der Waals surface area contributed by atoms with Crippen molar-refractivity contribution in [1.82, 2.24) is 44.6 Å². The molecular formula is C63H74F3N11O11S2. The molecule has 0 bridgehead atoms. The maximum absolute atomic E-state index is 15.9. The minimum absolute atomic E-state index is 0.0155. The van der Waals surface area contributed by atoms with E-state index in [9.17, 15) is 46.7 Å². The molecule has 0 aliphatic carbocycles. The van der Waals surface area contributed by atoms with Crippen molar-refractivity contribution in [1.29, 1.82) is 0 Å². The largest absolute Gasteiger partial charge is 0.481 e. The van der Waals surface area contributed by atoms with Crippen molar-refractivity contribution < 1.29 is 65.3 Å². The average Bonchev–Trinajstić information content (AvgIpc) is 1.52. The number of hydrogen-bond donors (Lipinski definition) is 6. The number of piperazine rings is 1. The van der Waals surface area contributed by atoms with Gasteiger partial charge in [0.2, 0.25) is 23.5 Å². The molecule has 3 aromatic carbocycles. The number of benzene rings is 3. The highest BCUT2D eigenvalue weighted by Crippen LogP contribution is 2.34. The van der Waals surface area contributed by atoms with Gasteiger partial charge in [0.1, 0.15) is 36.3 Å². The van der Waals surface area contributed by atoms with Crippen LogP contribution in [0.3, 0.4) is 0 Å². The number of ether oxygens (including phenoxy) is 1. The second-order valence-electron chi connectivity index (χ2n) is 24.6. The molecule has 6 aromatic rings. The number of hydrogen-bond acceptors (Lipinski definition) is 16. The zero-order valence-corrected chi connectivity index (χ0v) is 52.1. The summed E-state index contributed by atoms with van der Waals surface area (Å²) in [6, 6.07) is 15.5. The topological polar surface area (TPSA) is 280 Å². The van der Waals surface area contributed by atoms with Crippen molar-refractivity contribution in [2.24, 2.45) is 11.3 Å². The number of ketones is 1. The summed E-state index contributed by atoms with van der Waals surface area (Å²) in [5.74, 6) is -6.59. The molecule has 6 N–H and O–H groups in total. The molecule has 0 radical (unpaired) electrons. The van der Waals surface area contributed by atoms with Crippen LogP contribution in [-0.4, -0.2) is 191 Å². The molecule has 90 heavy (non-hydrogen) atoms. The number of β-amino-alcohol motifs (C(OH)–C–C–N with tert-alkyl or cyclic N) is 1. The number of nitrogens with one attached hydrogen (secondary N) is 4. The molecule has 0 unspecified atom stereocenters. The van der Waals surface area contributed by atoms with Crippen LogP contribution in [0.15, 0.2) is 84.6 Å². The van der Waals surface area contributed by atoms with Crippen molar-refractivity contribution in [2.75, 3.05) is 88.2 Å². The molecule has 22 nitrogen and oxygen atoms in total. The first-order valence-electron chi connectivity index (χ1n) is 30.1. The van der Waals surface area contributed by atoms with Gasteiger partial charge in [0, 0.05) is 93.4 Å². The molecule has 5 atom stereocenters. The number of rotatable bonds is 22. The van der Waals surface area contributed by atoms with Crippen molar-refractivity contribution in [2.45, 2.75) is 96.6 Å². The lowest BCUT2D eigenvalue weighted by Gasteiger charge is -2.40. The Balaban J connectivity index is 0.694. The van der Waals surface area contributed by atoms with Crippen LogP contribution in [0.1, 0.15) is 92.5 Å². The number of alkyl halides is 1. The van der Waals surface area contributed by atoms with E-state index < -0.39 is 111 Å². The molecule has 27 heteroatoms. The minimum Gasteiger partial charge on any atom is -0.481 e. The molecule has 3 amide bonds. The summed E-state index contributed by atoms with van der Waals surface area (Å²) in [5, 5.41) is 26.2. The van der Waals surface area contributed by atoms with E-state index in [1.807, 2.05) is 68.8 Å². The van der Waals surface area contributed by atoms with Crippen LogP contribution >= 0.6 is 11.3 Å². The maximum Gasteiger partial charge on any atom is 0.306 e. The number of H-pyrrole nitrogens is 1. The average molecular weight is 1280 g/mol. The number of thiazole rings is 1. The first-order valence-corrected chi connectivity index (χ1v) is 32.4. The van der Waals surface area contributed by atoms with Crippen LogP contribution in [-0.2, 0) is 38.9 Å². The van der Waals surface area contributed by atoms with E-state index in [4.69, 9.17) is 9.84 Å². The number of carbonyl (C=O) groups is 6. The number of carboxylic acid groups (broad SMARTS) is 1. The Labute approximate surface area is 523 Å². The summed E-state index contributed by atoms with van der Waals surface area (Å²) >= 11 is 1.48. The number of aromatic nitrogens is 3. The second kappa shape index (κ2) is 27.7. The van der Waals surface area contributed by atoms with Gasteiger partial charge in [-0.05, 0) is 97.6 Å². The zero-order valence-electron chi connectivity index (χ0n) is 50.4. The number of carbonyl (C=O) groups excluding carboxylic acids is 5. The van der Waals surface area contributed by atoms with E-state index in [1.165, 1.54) is 22.4 Å². The highest BCUT2D eigenvalue weighted by Gasteiger charge is 2.45. The summed E-state index contributed by atoms with van der Waals surface area (Å²) < 4.78 is 79.0. The van der Waals surface area contributed by atoms with Gasteiger partial charge in [0.05, 0.1) is 58.9 Å². The van der Waals surface area contributed by atoms with Crippen molar-refractivity contribution >= 4 is 79.4 Å². The fraction of sp³-hybridized carbons (Fsp3) is 0.460. The van der Waals surface area contributed by atoms with Crippen molar-refractivity contribution in [3.8, 4) is 21.6 Å². The number of esters is 1. The Morgan fingerprint density at radius 1 is 0.844 bits per heavy atom. The Morgan fingerprint density at radius 3 is 2.21 bits per heavy atom. The molecule has 0 spiro atoms. The molecule has 4 saturated heterocycles. The number of nitrogens with zero attached hydrogens (tertiary/aromatic N) is 7. The summed E-state index contributed by atoms with van der Waals surface area (Å²) in [6.45, 7) is 12.0. The SMILES string of the molecule is Cc1ncsc1-c1ccc([C@H](COC(=O)CCC(=O)O)NC(=O)[C@@H]2C[C@@H](O)CN2C(=O)[C@@H](NC(=O)CN2CCC(CN3CCN(c4ccc(-c5cnc6[nH]cc(C(=O)c7c(F)ccc(NS(=O)(=O)N8CC[C@@H](F)C8)c7F)c6c5)cc4)CC3)CC2)C(C)(C)C)cc1. The number of aromatic amines is 1. The lowest BCUT2D eigenvalue weighted by atomic mass is 9.85. The molecule has 7 heterocycles. The summed E-state index contributed by atoms with van der Waals surface area (Å²) in [7, 11) is -4.39. The number of halogens is 3. The monoisotopic (exact) mass is 1280 g/mol. The highest BCUT2D eigenvalue weighted by atomic mass is 32.2. The van der Waals surface area contributed by atoms with Crippen LogP contribution < -0.4 is 20.3 Å². The number of amides is 3. The van der Waals surface area contributed by atoms with E-state index in [0.717, 1.165) is 89.4 Å². The third-order valence-electron chi connectivity index (χ3n) is 17.2. The first kappa shape index (κ1) is 65.1. The van der Waals surface area contributed by atoms with Gasteiger partial charge in [-0.15, -0.1) is 11.3 Å². The normalized spacial score (nSPS) is 19.6. The standard InChI is InChI=1S/C63H74F3N11O11S2/c1-37-58(89-36-69-37)41-7-5-40(6-8-41)50(35-88-54(82)16-15-53(80)81)70-61(84)51-28-45(78)33-77(51)62(85)59(63(2,3)4)71-52(79)34-73-20-17-38(18-21-73)31-74-23-25-75(26-24-74)44-11-9-39(10-12-44)42-27-46-47(30-68-60(46)67-29-42)57(83)55-48(65)13-14-49(56(55)66)72-90(86,87)76-22-19-43(64)32-76/h5-14,27,29-30,36,38,43,45,50-51,59,72,78H,15-26,28,31-35H2,1-4H3,(H,67,68)(H,70,84)(H,71,79)(H,80,81)/t43-,45-,50+,51+,59-/m1/s1. The number of anilines is 2. The third-order valence-corrected chi connectivity index (χ3v) is 19.6. The van der Waals surface area contributed by atoms with Crippen LogP contribution in [0.4, 0.5) is 24.5 Å². The summed E-state index contributed by atoms with van der Waals surface area (Å²) in [4.78, 5) is 101. The van der Waals surface area contributed by atoms with Gasteiger partial charge >= 0.3 is 22.1 Å². The van der Waals surface area contributed by atoms with E-state index in [-0.39, 0.29) is 57.0 Å². The zero-order chi connectivity index (χ0) is 64.2. The van der Waals surface area contributed by atoms with Gasteiger partial charge < -0.3 is 40.4 Å². The van der Waals surface area contributed by atoms with E-state index >= 15 is 8.78 Å². The Bertz CT molecular complexity index is 3740. The van der Waals surface area contributed by atoms with Crippen LogP contribution in [0.5, 0.6) is 0 Å². The van der Waals surface area contributed by atoms with Crippen molar-refractivity contribution in [3.05, 3.63) is 119 Å². The van der Waals surface area contributed by atoms with Gasteiger partial charge in [-0.1, -0.05) is 57.2 Å². The Hall–Kier alpha value is -7.82. The third kappa shape index (κ3) is 15.3. The van der Waals surface area contributed by atoms with Gasteiger partial charge in [-0.3, -0.25) is 43.3 Å². The van der Waals surface area contributed by atoms with Gasteiger partial charge in [-0.25, -0.2) is 23.1 Å². The first-order chi connectivity index (χ1) is 42.9. The van der Waals surface area contributed by atoms with Crippen LogP contribution in [0.25, 0.3) is 32.6 Å². The van der Waals surface area contributed by atoms with E-state index in [1.54, 1.807) is 29.9 Å². The number of aliphatic hydroxyl groups is 1. The molecule has 0 saturated carbocycles. The number of aliphatic hydroxyl groups excluding tert-OH is 1. The predicted molar refractivity (Wildman–Crippen MR) is 331 cm³/mol. The Morgan fingerprint density at radius 2 is 1.56 bits per heavy atom. The molecular weight excluding hydrogens is 1210 g/mol. The lowest BCUT2D eigenvalue weighted by Crippen LogP contribution is -2.59. The highest BCUT2D eigenvalue weighted by molar-refractivity contribution is 7.90. The molecule has 4 aliphatic rings. The minimum atomic E-state index is -4.39. The number of aliphatic carboxylic acids is 1. The van der Waals surface area contributed by atoms with Crippen LogP contribution in [0.2, 0.25) is 0 Å². The maximum atomic E-state index is 15.9. The molecule has 4 aliphatic heterocycles. The van der Waals surface area contributed by atoms with E-state index in [0.29, 0.717) is 41.2 Å². The number of likely N-dealkylation sites (tertiary alicyclic amines) is 2. The fourth-order valence-electron chi connectivity index (χ4n) is 12.1. The number of pyridine rings is 1. The summed E-state index contributed by atoms with van der Waals surface area (Å²) in [5.41, 5.74) is 4.34. The van der Waals surface area contributed by atoms with Crippen molar-refractivity contribution in [3.63, 3.8) is 0 Å². The van der Waals surface area contributed by atoms with Gasteiger partial charge in [-0.2, -0.15) is 12.7 Å². The predicted octanol–water partition coefficient (Wildman–Crippen LogP) is 6.46. The fourth-order valence-corrected chi connectivity index (χ4v) is 14.2. The van der Waals surface area contributed by atoms with E-state index in [2.05, 4.69) is 40.3 Å². The number of piperidine rings is 1.